The van der Waals surface area contributed by atoms with Gasteiger partial charge in [-0.25, -0.2) is 0 Å². The molecule has 0 saturated carbocycles. The van der Waals surface area contributed by atoms with Crippen LogP contribution in [-0.4, -0.2) is 12.6 Å². The first-order valence-corrected chi connectivity index (χ1v) is 5.83. The van der Waals surface area contributed by atoms with Crippen molar-refractivity contribution in [2.24, 2.45) is 0 Å². The molecule has 16 heavy (non-hydrogen) atoms. The lowest BCUT2D eigenvalue weighted by Gasteiger charge is -2.17. The van der Waals surface area contributed by atoms with Crippen LogP contribution < -0.4 is 0 Å². The summed E-state index contributed by atoms with van der Waals surface area (Å²) in [4.78, 5) is 11.7. The Hall–Kier alpha value is -1.31. The lowest BCUT2D eigenvalue weighted by molar-refractivity contribution is -0.144. The highest BCUT2D eigenvalue weighted by Crippen LogP contribution is 2.26. The molecule has 0 aromatic heterocycles. The molecule has 0 heterocycles. The van der Waals surface area contributed by atoms with Gasteiger partial charge in [-0.3, -0.25) is 4.79 Å². The molecule has 2 heteroatoms. The fourth-order valence-electron chi connectivity index (χ4n) is 1.83. The summed E-state index contributed by atoms with van der Waals surface area (Å²) in [5.41, 5.74) is 2.30. The van der Waals surface area contributed by atoms with E-state index < -0.39 is 0 Å². The SMILES string of the molecule is CCOC(=O)C(C)c1ccccc1C(C)C. The van der Waals surface area contributed by atoms with Crippen molar-refractivity contribution in [1.29, 1.82) is 0 Å². The van der Waals surface area contributed by atoms with E-state index in [1.165, 1.54) is 5.56 Å². The van der Waals surface area contributed by atoms with Crippen LogP contribution in [0.5, 0.6) is 0 Å². The van der Waals surface area contributed by atoms with Crippen molar-refractivity contribution >= 4 is 5.97 Å². The third kappa shape index (κ3) is 2.84. The first kappa shape index (κ1) is 12.8. The molecule has 1 atom stereocenters. The normalized spacial score (nSPS) is 12.6. The first-order valence-electron chi connectivity index (χ1n) is 5.83. The minimum atomic E-state index is -0.182. The Bertz CT molecular complexity index is 356. The minimum absolute atomic E-state index is 0.143. The maximum absolute atomic E-state index is 11.7. The zero-order chi connectivity index (χ0) is 12.1. The maximum atomic E-state index is 11.7. The predicted octanol–water partition coefficient (Wildman–Crippen LogP) is 3.48. The van der Waals surface area contributed by atoms with Crippen LogP contribution in [0, 0.1) is 0 Å². The number of hydrogen-bond acceptors (Lipinski definition) is 2. The molecule has 0 amide bonds. The number of carbonyl (C=O) groups is 1. The van der Waals surface area contributed by atoms with Gasteiger partial charge in [0.25, 0.3) is 0 Å². The van der Waals surface area contributed by atoms with Crippen LogP contribution in [0.25, 0.3) is 0 Å². The molecule has 0 saturated heterocycles. The van der Waals surface area contributed by atoms with Gasteiger partial charge in [0.2, 0.25) is 0 Å². The Morgan fingerprint density at radius 2 is 1.75 bits per heavy atom. The molecule has 0 aliphatic carbocycles. The minimum Gasteiger partial charge on any atom is -0.466 e. The fourth-order valence-corrected chi connectivity index (χ4v) is 1.83. The summed E-state index contributed by atoms with van der Waals surface area (Å²) in [6.07, 6.45) is 0. The van der Waals surface area contributed by atoms with Gasteiger partial charge in [0, 0.05) is 0 Å². The average Bonchev–Trinajstić information content (AvgIpc) is 2.28. The molecule has 0 fully saturated rings. The van der Waals surface area contributed by atoms with Crippen LogP contribution in [0.3, 0.4) is 0 Å². The summed E-state index contributed by atoms with van der Waals surface area (Å²) in [7, 11) is 0. The molecule has 0 bridgehead atoms. The number of ether oxygens (including phenoxy) is 1. The molecule has 0 aliphatic heterocycles. The highest BCUT2D eigenvalue weighted by molar-refractivity contribution is 5.78. The fraction of sp³-hybridized carbons (Fsp3) is 0.500. The monoisotopic (exact) mass is 220 g/mol. The third-order valence-electron chi connectivity index (χ3n) is 2.72. The van der Waals surface area contributed by atoms with Gasteiger partial charge < -0.3 is 4.74 Å². The van der Waals surface area contributed by atoms with E-state index in [2.05, 4.69) is 19.9 Å². The number of hydrogen-bond donors (Lipinski definition) is 0. The Balaban J connectivity index is 2.98. The van der Waals surface area contributed by atoms with Gasteiger partial charge in [-0.15, -0.1) is 0 Å². The van der Waals surface area contributed by atoms with Gasteiger partial charge >= 0.3 is 5.97 Å². The lowest BCUT2D eigenvalue weighted by atomic mass is 9.90. The van der Waals surface area contributed by atoms with Crippen LogP contribution in [0.1, 0.15) is 50.7 Å². The highest BCUT2D eigenvalue weighted by atomic mass is 16.5. The van der Waals surface area contributed by atoms with Crippen molar-refractivity contribution in [2.75, 3.05) is 6.61 Å². The number of benzene rings is 1. The molecule has 1 unspecified atom stereocenters. The molecular formula is C14H20O2. The van der Waals surface area contributed by atoms with E-state index in [9.17, 15) is 4.79 Å². The topological polar surface area (TPSA) is 26.3 Å². The Morgan fingerprint density at radius 3 is 2.25 bits per heavy atom. The molecule has 0 aliphatic rings. The lowest BCUT2D eigenvalue weighted by Crippen LogP contribution is -2.14. The van der Waals surface area contributed by atoms with Crippen LogP contribution >= 0.6 is 0 Å². The van der Waals surface area contributed by atoms with E-state index in [0.29, 0.717) is 12.5 Å². The molecule has 88 valence electrons. The number of carbonyl (C=O) groups excluding carboxylic acids is 1. The molecule has 0 N–H and O–H groups in total. The van der Waals surface area contributed by atoms with E-state index in [-0.39, 0.29) is 11.9 Å². The predicted molar refractivity (Wildman–Crippen MR) is 65.6 cm³/mol. The van der Waals surface area contributed by atoms with E-state index in [1.54, 1.807) is 0 Å². The van der Waals surface area contributed by atoms with Gasteiger partial charge in [0.15, 0.2) is 0 Å². The molecule has 1 aromatic rings. The summed E-state index contributed by atoms with van der Waals surface area (Å²) in [6.45, 7) is 8.44. The molecule has 0 spiro atoms. The van der Waals surface area contributed by atoms with Crippen LogP contribution in [-0.2, 0) is 9.53 Å². The average molecular weight is 220 g/mol. The van der Waals surface area contributed by atoms with E-state index in [1.807, 2.05) is 32.0 Å². The zero-order valence-corrected chi connectivity index (χ0v) is 10.5. The Kier molecular flexibility index (Phi) is 4.53. The molecule has 1 aromatic carbocycles. The molecule has 1 rings (SSSR count). The van der Waals surface area contributed by atoms with Crippen molar-refractivity contribution in [3.63, 3.8) is 0 Å². The second-order valence-electron chi connectivity index (χ2n) is 4.26. The van der Waals surface area contributed by atoms with E-state index in [0.717, 1.165) is 5.56 Å². The molecule has 0 radical (unpaired) electrons. The van der Waals surface area contributed by atoms with Crippen LogP contribution in [0.2, 0.25) is 0 Å². The maximum Gasteiger partial charge on any atom is 0.313 e. The third-order valence-corrected chi connectivity index (χ3v) is 2.72. The zero-order valence-electron chi connectivity index (χ0n) is 10.5. The van der Waals surface area contributed by atoms with Gasteiger partial charge in [-0.05, 0) is 30.9 Å². The van der Waals surface area contributed by atoms with Crippen molar-refractivity contribution < 1.29 is 9.53 Å². The summed E-state index contributed by atoms with van der Waals surface area (Å²) < 4.78 is 5.05. The summed E-state index contributed by atoms with van der Waals surface area (Å²) in [5, 5.41) is 0. The standard InChI is InChI=1S/C14H20O2/c1-5-16-14(15)11(4)13-9-7-6-8-12(13)10(2)3/h6-11H,5H2,1-4H3. The summed E-state index contributed by atoms with van der Waals surface area (Å²) in [6, 6.07) is 8.07. The van der Waals surface area contributed by atoms with E-state index in [4.69, 9.17) is 4.74 Å². The molecule has 2 nitrogen and oxygen atoms in total. The van der Waals surface area contributed by atoms with Gasteiger partial charge in [0.05, 0.1) is 12.5 Å². The molecular weight excluding hydrogens is 200 g/mol. The van der Waals surface area contributed by atoms with Crippen molar-refractivity contribution in [2.45, 2.75) is 39.5 Å². The van der Waals surface area contributed by atoms with Crippen molar-refractivity contribution in [3.8, 4) is 0 Å². The summed E-state index contributed by atoms with van der Waals surface area (Å²) in [5.74, 6) is 0.0993. The second kappa shape index (κ2) is 5.69. The Morgan fingerprint density at radius 1 is 1.19 bits per heavy atom. The Labute approximate surface area is 97.6 Å². The van der Waals surface area contributed by atoms with Gasteiger partial charge in [-0.1, -0.05) is 38.1 Å². The number of rotatable bonds is 4. The highest BCUT2D eigenvalue weighted by Gasteiger charge is 2.19. The van der Waals surface area contributed by atoms with Crippen molar-refractivity contribution in [3.05, 3.63) is 35.4 Å². The second-order valence-corrected chi connectivity index (χ2v) is 4.26. The van der Waals surface area contributed by atoms with Gasteiger partial charge in [0.1, 0.15) is 0 Å². The quantitative estimate of drug-likeness (QED) is 0.726. The smallest absolute Gasteiger partial charge is 0.313 e. The van der Waals surface area contributed by atoms with E-state index >= 15 is 0 Å². The summed E-state index contributed by atoms with van der Waals surface area (Å²) >= 11 is 0. The first-order chi connectivity index (χ1) is 7.57. The van der Waals surface area contributed by atoms with Crippen molar-refractivity contribution in [1.82, 2.24) is 0 Å². The van der Waals surface area contributed by atoms with Gasteiger partial charge in [-0.2, -0.15) is 0 Å². The number of esters is 1. The largest absolute Gasteiger partial charge is 0.466 e. The van der Waals surface area contributed by atoms with Crippen LogP contribution in [0.4, 0.5) is 0 Å². The van der Waals surface area contributed by atoms with Crippen LogP contribution in [0.15, 0.2) is 24.3 Å².